The van der Waals surface area contributed by atoms with Gasteiger partial charge in [-0.2, -0.15) is 0 Å². The van der Waals surface area contributed by atoms with E-state index in [9.17, 15) is 0 Å². The average Bonchev–Trinajstić information content (AvgIpc) is 2.35. The number of ether oxygens (including phenoxy) is 2. The summed E-state index contributed by atoms with van der Waals surface area (Å²) in [6.07, 6.45) is 0. The Morgan fingerprint density at radius 1 is 1.18 bits per heavy atom. The molecule has 2 aromatic rings. The molecule has 0 saturated carbocycles. The maximum Gasteiger partial charge on any atom is 0.213 e. The average molecular weight is 232 g/mol. The first-order valence-electron chi connectivity index (χ1n) is 5.66. The standard InChI is InChI=1S/C13H16N2O2/c1-2-16-7-8-17-13-6-3-10-9-11(14)4-5-12(10)15-13/h3-6,9H,2,7-8,14H2,1H3. The van der Waals surface area contributed by atoms with Crippen LogP contribution in [0.5, 0.6) is 5.88 Å². The molecule has 2 rings (SSSR count). The zero-order valence-electron chi connectivity index (χ0n) is 9.85. The Morgan fingerprint density at radius 3 is 2.88 bits per heavy atom. The van der Waals surface area contributed by atoms with E-state index in [1.165, 1.54) is 0 Å². The van der Waals surface area contributed by atoms with Crippen LogP contribution in [0.2, 0.25) is 0 Å². The molecule has 0 spiro atoms. The maximum atomic E-state index is 5.70. The first kappa shape index (κ1) is 11.7. The predicted octanol–water partition coefficient (Wildman–Crippen LogP) is 2.23. The molecule has 0 aliphatic carbocycles. The summed E-state index contributed by atoms with van der Waals surface area (Å²) in [5.41, 5.74) is 7.32. The molecule has 0 amide bonds. The predicted molar refractivity (Wildman–Crippen MR) is 68.1 cm³/mol. The molecule has 1 aromatic heterocycles. The lowest BCUT2D eigenvalue weighted by Gasteiger charge is -2.06. The number of rotatable bonds is 5. The molecule has 4 heteroatoms. The molecule has 0 bridgehead atoms. The topological polar surface area (TPSA) is 57.4 Å². The van der Waals surface area contributed by atoms with Crippen molar-refractivity contribution in [2.24, 2.45) is 0 Å². The number of nitrogens with two attached hydrogens (primary N) is 1. The molecule has 0 radical (unpaired) electrons. The fraction of sp³-hybridized carbons (Fsp3) is 0.308. The molecule has 0 atom stereocenters. The third kappa shape index (κ3) is 3.07. The van der Waals surface area contributed by atoms with Crippen LogP contribution in [-0.2, 0) is 4.74 Å². The molecular weight excluding hydrogens is 216 g/mol. The quantitative estimate of drug-likeness (QED) is 0.634. The second-order valence-corrected chi connectivity index (χ2v) is 3.65. The Balaban J connectivity index is 2.07. The summed E-state index contributed by atoms with van der Waals surface area (Å²) in [5, 5.41) is 1.02. The fourth-order valence-electron chi connectivity index (χ4n) is 1.56. The van der Waals surface area contributed by atoms with Crippen LogP contribution in [0.3, 0.4) is 0 Å². The lowest BCUT2D eigenvalue weighted by atomic mass is 10.2. The van der Waals surface area contributed by atoms with Gasteiger partial charge in [-0.25, -0.2) is 4.98 Å². The molecule has 0 aliphatic heterocycles. The van der Waals surface area contributed by atoms with E-state index in [1.807, 2.05) is 37.3 Å². The summed E-state index contributed by atoms with van der Waals surface area (Å²) in [7, 11) is 0. The van der Waals surface area contributed by atoms with Crippen LogP contribution in [0.15, 0.2) is 30.3 Å². The number of aromatic nitrogens is 1. The molecule has 17 heavy (non-hydrogen) atoms. The number of benzene rings is 1. The maximum absolute atomic E-state index is 5.70. The third-order valence-corrected chi connectivity index (χ3v) is 2.37. The van der Waals surface area contributed by atoms with Crippen LogP contribution in [0.4, 0.5) is 5.69 Å². The van der Waals surface area contributed by atoms with Gasteiger partial charge in [0.05, 0.1) is 12.1 Å². The van der Waals surface area contributed by atoms with Crippen molar-refractivity contribution in [3.63, 3.8) is 0 Å². The van der Waals surface area contributed by atoms with E-state index in [2.05, 4.69) is 4.98 Å². The summed E-state index contributed by atoms with van der Waals surface area (Å²) in [4.78, 5) is 4.38. The number of hydrogen-bond donors (Lipinski definition) is 1. The summed E-state index contributed by atoms with van der Waals surface area (Å²) < 4.78 is 10.7. The second kappa shape index (κ2) is 5.50. The number of fused-ring (bicyclic) bond motifs is 1. The van der Waals surface area contributed by atoms with Gasteiger partial charge in [-0.1, -0.05) is 0 Å². The fourth-order valence-corrected chi connectivity index (χ4v) is 1.56. The van der Waals surface area contributed by atoms with E-state index in [-0.39, 0.29) is 0 Å². The van der Waals surface area contributed by atoms with Crippen molar-refractivity contribution >= 4 is 16.6 Å². The summed E-state index contributed by atoms with van der Waals surface area (Å²) >= 11 is 0. The molecule has 0 aliphatic rings. The zero-order chi connectivity index (χ0) is 12.1. The smallest absolute Gasteiger partial charge is 0.213 e. The van der Waals surface area contributed by atoms with Crippen molar-refractivity contribution in [1.29, 1.82) is 0 Å². The Labute approximate surface area is 100 Å². The Morgan fingerprint density at radius 2 is 2.06 bits per heavy atom. The van der Waals surface area contributed by atoms with Crippen LogP contribution in [0.1, 0.15) is 6.92 Å². The minimum atomic E-state index is 0.515. The highest BCUT2D eigenvalue weighted by molar-refractivity contribution is 5.82. The van der Waals surface area contributed by atoms with Crippen molar-refractivity contribution < 1.29 is 9.47 Å². The van der Waals surface area contributed by atoms with E-state index in [0.717, 1.165) is 16.6 Å². The molecular formula is C13H16N2O2. The molecule has 90 valence electrons. The first-order chi connectivity index (χ1) is 8.29. The van der Waals surface area contributed by atoms with Crippen molar-refractivity contribution in [3.05, 3.63) is 30.3 Å². The monoisotopic (exact) mass is 232 g/mol. The van der Waals surface area contributed by atoms with E-state index < -0.39 is 0 Å². The van der Waals surface area contributed by atoms with Crippen LogP contribution >= 0.6 is 0 Å². The van der Waals surface area contributed by atoms with Crippen LogP contribution in [0, 0.1) is 0 Å². The van der Waals surface area contributed by atoms with E-state index in [4.69, 9.17) is 15.2 Å². The third-order valence-electron chi connectivity index (χ3n) is 2.37. The SMILES string of the molecule is CCOCCOc1ccc2cc(N)ccc2n1. The number of pyridine rings is 1. The summed E-state index contributed by atoms with van der Waals surface area (Å²) in [6, 6.07) is 9.41. The molecule has 1 aromatic carbocycles. The molecule has 2 N–H and O–H groups in total. The van der Waals surface area contributed by atoms with Crippen LogP contribution in [-0.4, -0.2) is 24.8 Å². The molecule has 0 saturated heterocycles. The van der Waals surface area contributed by atoms with Gasteiger partial charge in [-0.15, -0.1) is 0 Å². The first-order valence-corrected chi connectivity index (χ1v) is 5.66. The number of anilines is 1. The molecule has 1 heterocycles. The summed E-state index contributed by atoms with van der Waals surface area (Å²) in [6.45, 7) is 3.76. The normalized spacial score (nSPS) is 10.6. The van der Waals surface area contributed by atoms with Gasteiger partial charge >= 0.3 is 0 Å². The lowest BCUT2D eigenvalue weighted by Crippen LogP contribution is -2.07. The van der Waals surface area contributed by atoms with Gasteiger partial charge in [0.2, 0.25) is 5.88 Å². The Bertz CT molecular complexity index is 500. The van der Waals surface area contributed by atoms with Gasteiger partial charge < -0.3 is 15.2 Å². The minimum Gasteiger partial charge on any atom is -0.475 e. The van der Waals surface area contributed by atoms with Gasteiger partial charge in [0.15, 0.2) is 0 Å². The van der Waals surface area contributed by atoms with Crippen molar-refractivity contribution in [3.8, 4) is 5.88 Å². The van der Waals surface area contributed by atoms with Gasteiger partial charge in [-0.3, -0.25) is 0 Å². The summed E-state index contributed by atoms with van der Waals surface area (Å²) in [5.74, 6) is 0.613. The highest BCUT2D eigenvalue weighted by Gasteiger charge is 1.99. The zero-order valence-corrected chi connectivity index (χ0v) is 9.85. The number of hydrogen-bond acceptors (Lipinski definition) is 4. The largest absolute Gasteiger partial charge is 0.475 e. The molecule has 0 unspecified atom stereocenters. The van der Waals surface area contributed by atoms with Gasteiger partial charge in [-0.05, 0) is 31.2 Å². The van der Waals surface area contributed by atoms with Crippen molar-refractivity contribution in [1.82, 2.24) is 4.98 Å². The lowest BCUT2D eigenvalue weighted by molar-refractivity contribution is 0.108. The van der Waals surface area contributed by atoms with Crippen molar-refractivity contribution in [2.45, 2.75) is 6.92 Å². The van der Waals surface area contributed by atoms with Crippen LogP contribution < -0.4 is 10.5 Å². The highest BCUT2D eigenvalue weighted by Crippen LogP contribution is 2.18. The Hall–Kier alpha value is -1.81. The Kier molecular flexibility index (Phi) is 3.77. The van der Waals surface area contributed by atoms with Crippen LogP contribution in [0.25, 0.3) is 10.9 Å². The van der Waals surface area contributed by atoms with E-state index in [1.54, 1.807) is 0 Å². The van der Waals surface area contributed by atoms with Gasteiger partial charge in [0.25, 0.3) is 0 Å². The number of nitrogen functional groups attached to an aromatic ring is 1. The van der Waals surface area contributed by atoms with Crippen molar-refractivity contribution in [2.75, 3.05) is 25.6 Å². The minimum absolute atomic E-state index is 0.515. The molecule has 0 fully saturated rings. The van der Waals surface area contributed by atoms with E-state index in [0.29, 0.717) is 25.7 Å². The van der Waals surface area contributed by atoms with Gasteiger partial charge in [0.1, 0.15) is 6.61 Å². The second-order valence-electron chi connectivity index (χ2n) is 3.65. The molecule has 4 nitrogen and oxygen atoms in total. The van der Waals surface area contributed by atoms with E-state index >= 15 is 0 Å². The highest BCUT2D eigenvalue weighted by atomic mass is 16.5. The van der Waals surface area contributed by atoms with Gasteiger partial charge in [0, 0.05) is 23.7 Å². The number of nitrogens with zero attached hydrogens (tertiary/aromatic N) is 1.